The lowest BCUT2D eigenvalue weighted by atomic mass is 9.53. The molecular formula is C22H29NO5. The second-order valence-electron chi connectivity index (χ2n) is 8.65. The van der Waals surface area contributed by atoms with Crippen LogP contribution < -0.4 is 10.1 Å². The predicted molar refractivity (Wildman–Crippen MR) is 103 cm³/mol. The van der Waals surface area contributed by atoms with Crippen molar-refractivity contribution < 1.29 is 23.8 Å². The first-order valence-corrected chi connectivity index (χ1v) is 10.4. The van der Waals surface area contributed by atoms with Crippen molar-refractivity contribution in [3.8, 4) is 5.75 Å². The maximum absolute atomic E-state index is 11.5. The quantitative estimate of drug-likeness (QED) is 0.359. The number of fused-ring (bicyclic) bond motifs is 1. The zero-order valence-electron chi connectivity index (χ0n) is 16.6. The number of ether oxygens (including phenoxy) is 3. The van der Waals surface area contributed by atoms with Crippen molar-refractivity contribution in [2.24, 2.45) is 11.8 Å². The first kappa shape index (κ1) is 19.2. The minimum absolute atomic E-state index is 0.0640. The molecule has 0 amide bonds. The Bertz CT molecular complexity index is 744. The Hall–Kier alpha value is -2.08. The Kier molecular flexibility index (Phi) is 5.32. The average molecular weight is 387 g/mol. The number of piperidine rings is 1. The molecular weight excluding hydrogens is 358 g/mol. The SMILES string of the molecule is CC(C)C(OC(=O)OC=O)Oc1ccc2c(c1)[C@@]13CCCC[C@H]1[C@@H](C2)NCC3. The van der Waals surface area contributed by atoms with Gasteiger partial charge in [0.1, 0.15) is 5.75 Å². The van der Waals surface area contributed by atoms with E-state index in [9.17, 15) is 9.59 Å². The molecule has 6 heteroatoms. The molecule has 0 radical (unpaired) electrons. The molecule has 2 fully saturated rings. The fraction of sp³-hybridized carbons (Fsp3) is 0.636. The summed E-state index contributed by atoms with van der Waals surface area (Å²) >= 11 is 0. The lowest BCUT2D eigenvalue weighted by Crippen LogP contribution is -2.59. The van der Waals surface area contributed by atoms with Crippen molar-refractivity contribution >= 4 is 12.6 Å². The van der Waals surface area contributed by atoms with Crippen LogP contribution in [0.4, 0.5) is 4.79 Å². The van der Waals surface area contributed by atoms with Crippen LogP contribution in [0, 0.1) is 11.8 Å². The molecule has 1 aromatic carbocycles. The molecule has 4 rings (SSSR count). The van der Waals surface area contributed by atoms with E-state index in [1.165, 1.54) is 43.2 Å². The molecule has 1 aliphatic heterocycles. The standard InChI is InChI=1S/C22H29NO5/c1-14(2)20(28-21(25)26-13-24)27-16-7-6-15-11-19-17-5-3-4-8-22(17,9-10-23-19)18(15)12-16/h6-7,12-14,17,19-20,23H,3-5,8-11H2,1-2H3/t17-,19+,20?,22+/m0/s1. The van der Waals surface area contributed by atoms with Crippen LogP contribution >= 0.6 is 0 Å². The van der Waals surface area contributed by atoms with Gasteiger partial charge in [-0.1, -0.05) is 32.8 Å². The van der Waals surface area contributed by atoms with Crippen LogP contribution in [0.5, 0.6) is 5.75 Å². The van der Waals surface area contributed by atoms with Gasteiger partial charge in [0.2, 0.25) is 6.29 Å². The summed E-state index contributed by atoms with van der Waals surface area (Å²) in [5.41, 5.74) is 3.07. The van der Waals surface area contributed by atoms with Crippen molar-refractivity contribution in [2.45, 2.75) is 70.1 Å². The average Bonchev–Trinajstić information content (AvgIpc) is 2.68. The number of rotatable bonds is 5. The van der Waals surface area contributed by atoms with E-state index in [1.54, 1.807) is 0 Å². The van der Waals surface area contributed by atoms with Crippen molar-refractivity contribution in [2.75, 3.05) is 6.54 Å². The third kappa shape index (κ3) is 3.39. The summed E-state index contributed by atoms with van der Waals surface area (Å²) in [7, 11) is 0. The third-order valence-electron chi connectivity index (χ3n) is 6.77. The molecule has 1 unspecified atom stereocenters. The minimum Gasteiger partial charge on any atom is -0.454 e. The molecule has 2 aliphatic carbocycles. The highest BCUT2D eigenvalue weighted by Gasteiger charge is 2.51. The second kappa shape index (κ2) is 7.74. The largest absolute Gasteiger partial charge is 0.519 e. The van der Waals surface area contributed by atoms with E-state index in [1.807, 2.05) is 19.9 Å². The highest BCUT2D eigenvalue weighted by Crippen LogP contribution is 2.54. The number of carbonyl (C=O) groups excluding carboxylic acids is 2. The van der Waals surface area contributed by atoms with Gasteiger partial charge in [-0.25, -0.2) is 4.79 Å². The smallest absolute Gasteiger partial charge is 0.454 e. The van der Waals surface area contributed by atoms with Crippen LogP contribution in [-0.2, 0) is 26.1 Å². The Morgan fingerprint density at radius 2 is 2.14 bits per heavy atom. The molecule has 1 aromatic rings. The molecule has 1 heterocycles. The van der Waals surface area contributed by atoms with Crippen LogP contribution in [0.25, 0.3) is 0 Å². The normalized spacial score (nSPS) is 29.2. The van der Waals surface area contributed by atoms with E-state index in [4.69, 9.17) is 9.47 Å². The second-order valence-corrected chi connectivity index (χ2v) is 8.65. The summed E-state index contributed by atoms with van der Waals surface area (Å²) in [6, 6.07) is 6.87. The van der Waals surface area contributed by atoms with E-state index < -0.39 is 12.4 Å². The Morgan fingerprint density at radius 1 is 1.29 bits per heavy atom. The van der Waals surface area contributed by atoms with Crippen molar-refractivity contribution in [3.05, 3.63) is 29.3 Å². The number of nitrogens with one attached hydrogen (secondary N) is 1. The van der Waals surface area contributed by atoms with E-state index in [-0.39, 0.29) is 17.8 Å². The van der Waals surface area contributed by atoms with E-state index in [0.717, 1.165) is 13.0 Å². The van der Waals surface area contributed by atoms with Gasteiger partial charge >= 0.3 is 12.6 Å². The summed E-state index contributed by atoms with van der Waals surface area (Å²) in [5.74, 6) is 1.31. The van der Waals surface area contributed by atoms with Gasteiger partial charge in [0.25, 0.3) is 0 Å². The van der Waals surface area contributed by atoms with Gasteiger partial charge in [-0.15, -0.1) is 0 Å². The molecule has 2 bridgehead atoms. The molecule has 1 N–H and O–H groups in total. The molecule has 0 spiro atoms. The zero-order valence-corrected chi connectivity index (χ0v) is 16.6. The Labute approximate surface area is 165 Å². The maximum Gasteiger partial charge on any atom is 0.519 e. The molecule has 3 aliphatic rings. The Balaban J connectivity index is 1.61. The maximum atomic E-state index is 11.5. The number of hydrogen-bond donors (Lipinski definition) is 1. The highest BCUT2D eigenvalue weighted by atomic mass is 16.8. The van der Waals surface area contributed by atoms with Crippen LogP contribution in [-0.4, -0.2) is 31.5 Å². The van der Waals surface area contributed by atoms with Gasteiger partial charge < -0.3 is 19.5 Å². The molecule has 0 aromatic heterocycles. The topological polar surface area (TPSA) is 73.9 Å². The van der Waals surface area contributed by atoms with E-state index in [2.05, 4.69) is 22.2 Å². The molecule has 152 valence electrons. The van der Waals surface area contributed by atoms with Crippen LogP contribution in [0.1, 0.15) is 57.1 Å². The Morgan fingerprint density at radius 3 is 2.93 bits per heavy atom. The minimum atomic E-state index is -1.04. The van der Waals surface area contributed by atoms with Gasteiger partial charge in [0, 0.05) is 17.4 Å². The monoisotopic (exact) mass is 387 g/mol. The van der Waals surface area contributed by atoms with Crippen molar-refractivity contribution in [1.29, 1.82) is 0 Å². The zero-order chi connectivity index (χ0) is 19.7. The molecule has 6 nitrogen and oxygen atoms in total. The van der Waals surface area contributed by atoms with Gasteiger partial charge in [-0.2, -0.15) is 0 Å². The number of hydrogen-bond acceptors (Lipinski definition) is 6. The van der Waals surface area contributed by atoms with Gasteiger partial charge in [0.15, 0.2) is 0 Å². The summed E-state index contributed by atoms with van der Waals surface area (Å²) < 4.78 is 15.4. The third-order valence-corrected chi connectivity index (χ3v) is 6.77. The number of benzene rings is 1. The molecule has 4 atom stereocenters. The highest BCUT2D eigenvalue weighted by molar-refractivity contribution is 5.69. The van der Waals surface area contributed by atoms with Gasteiger partial charge in [-0.05, 0) is 61.4 Å². The lowest BCUT2D eigenvalue weighted by Gasteiger charge is -2.56. The summed E-state index contributed by atoms with van der Waals surface area (Å²) in [6.07, 6.45) is 5.51. The molecule has 1 saturated carbocycles. The number of carbonyl (C=O) groups is 2. The first-order chi connectivity index (χ1) is 13.5. The van der Waals surface area contributed by atoms with Gasteiger partial charge in [0.05, 0.1) is 0 Å². The first-order valence-electron chi connectivity index (χ1n) is 10.4. The lowest BCUT2D eigenvalue weighted by molar-refractivity contribution is -0.131. The summed E-state index contributed by atoms with van der Waals surface area (Å²) in [5, 5.41) is 3.75. The molecule has 1 saturated heterocycles. The predicted octanol–water partition coefficient (Wildman–Crippen LogP) is 3.70. The fourth-order valence-electron chi connectivity index (χ4n) is 5.57. The van der Waals surface area contributed by atoms with Crippen molar-refractivity contribution in [3.63, 3.8) is 0 Å². The summed E-state index contributed by atoms with van der Waals surface area (Å²) in [4.78, 5) is 21.9. The van der Waals surface area contributed by atoms with E-state index in [0.29, 0.717) is 17.7 Å². The van der Waals surface area contributed by atoms with Crippen LogP contribution in [0.15, 0.2) is 18.2 Å². The summed E-state index contributed by atoms with van der Waals surface area (Å²) in [6.45, 7) is 4.92. The fourth-order valence-corrected chi connectivity index (χ4v) is 5.57. The van der Waals surface area contributed by atoms with E-state index >= 15 is 0 Å². The molecule has 28 heavy (non-hydrogen) atoms. The van der Waals surface area contributed by atoms with Crippen LogP contribution in [0.3, 0.4) is 0 Å². The van der Waals surface area contributed by atoms with Gasteiger partial charge in [-0.3, -0.25) is 4.79 Å². The van der Waals surface area contributed by atoms with Crippen molar-refractivity contribution in [1.82, 2.24) is 5.32 Å². The van der Waals surface area contributed by atoms with Crippen LogP contribution in [0.2, 0.25) is 0 Å².